The fraction of sp³-hybridized carbons (Fsp3) is 0.429. The van der Waals surface area contributed by atoms with Gasteiger partial charge in [0.2, 0.25) is 11.0 Å². The van der Waals surface area contributed by atoms with Crippen LogP contribution in [0.25, 0.3) is 11.2 Å². The van der Waals surface area contributed by atoms with Crippen LogP contribution in [-0.4, -0.2) is 40.7 Å². The lowest BCUT2D eigenvalue weighted by molar-refractivity contribution is -0.115. The lowest BCUT2D eigenvalue weighted by Gasteiger charge is -2.05. The molecule has 0 fully saturated rings. The fourth-order valence-corrected chi connectivity index (χ4v) is 4.44. The quantitative estimate of drug-likeness (QED) is 0.459. The molecule has 27 heavy (non-hydrogen) atoms. The Balaban J connectivity index is 1.99. The number of hydrogen-bond acceptors (Lipinski definition) is 8. The first kappa shape index (κ1) is 19.6. The van der Waals surface area contributed by atoms with Crippen molar-refractivity contribution in [2.24, 2.45) is 14.1 Å². The molecule has 0 aromatic carbocycles. The van der Waals surface area contributed by atoms with Crippen molar-refractivity contribution in [1.82, 2.24) is 28.9 Å². The number of aryl methyl sites for hydroxylation is 2. The van der Waals surface area contributed by atoms with E-state index in [1.54, 1.807) is 11.6 Å². The van der Waals surface area contributed by atoms with Crippen LogP contribution in [0, 0.1) is 0 Å². The number of anilines is 1. The largest absolute Gasteiger partial charge is 0.332 e. The zero-order valence-electron chi connectivity index (χ0n) is 14.7. The van der Waals surface area contributed by atoms with Crippen molar-refractivity contribution in [2.45, 2.75) is 29.4 Å². The van der Waals surface area contributed by atoms with Crippen LogP contribution in [0.5, 0.6) is 0 Å². The fourth-order valence-electron chi connectivity index (χ4n) is 2.45. The van der Waals surface area contributed by atoms with E-state index in [9.17, 15) is 14.4 Å². The molecular formula is C14H16ClN7O3S2. The average Bonchev–Trinajstić information content (AvgIpc) is 3.22. The molecule has 0 radical (unpaired) electrons. The molecule has 3 heterocycles. The van der Waals surface area contributed by atoms with Gasteiger partial charge < -0.3 is 9.88 Å². The Morgan fingerprint density at radius 1 is 1.26 bits per heavy atom. The van der Waals surface area contributed by atoms with Crippen molar-refractivity contribution in [3.8, 4) is 0 Å². The third-order valence-corrected chi connectivity index (χ3v) is 5.85. The van der Waals surface area contributed by atoms with Crippen LogP contribution in [0.3, 0.4) is 0 Å². The first-order valence-corrected chi connectivity index (χ1v) is 10.1. The highest BCUT2D eigenvalue weighted by molar-refractivity contribution is 8.01. The van der Waals surface area contributed by atoms with Gasteiger partial charge in [0.15, 0.2) is 20.7 Å². The minimum atomic E-state index is -0.440. The topological polar surface area (TPSA) is 117 Å². The number of hydrogen-bond donors (Lipinski definition) is 1. The Hall–Kier alpha value is -2.18. The molecule has 0 unspecified atom stereocenters. The number of alkyl halides is 1. The lowest BCUT2D eigenvalue weighted by atomic mass is 10.5. The van der Waals surface area contributed by atoms with Crippen molar-refractivity contribution in [2.75, 3.05) is 11.2 Å². The Bertz CT molecular complexity index is 1130. The second kappa shape index (κ2) is 7.82. The van der Waals surface area contributed by atoms with Gasteiger partial charge in [-0.2, -0.15) is 0 Å². The maximum absolute atomic E-state index is 12.5. The molecule has 1 N–H and O–H groups in total. The lowest BCUT2D eigenvalue weighted by Crippen LogP contribution is -2.37. The van der Waals surface area contributed by atoms with E-state index >= 15 is 0 Å². The summed E-state index contributed by atoms with van der Waals surface area (Å²) in [5.74, 6) is -0.0162. The van der Waals surface area contributed by atoms with Crippen molar-refractivity contribution in [3.05, 3.63) is 20.8 Å². The Labute approximate surface area is 166 Å². The predicted molar refractivity (Wildman–Crippen MR) is 104 cm³/mol. The number of nitrogens with one attached hydrogen (secondary N) is 1. The summed E-state index contributed by atoms with van der Waals surface area (Å²) >= 11 is 7.93. The Morgan fingerprint density at radius 2 is 2.00 bits per heavy atom. The van der Waals surface area contributed by atoms with Crippen LogP contribution in [0.15, 0.2) is 19.1 Å². The van der Waals surface area contributed by atoms with Gasteiger partial charge in [-0.25, -0.2) is 9.78 Å². The number of rotatable bonds is 6. The number of nitrogens with zero attached hydrogens (tertiary/aromatic N) is 6. The summed E-state index contributed by atoms with van der Waals surface area (Å²) in [6.07, 6.45) is 0.187. The van der Waals surface area contributed by atoms with Crippen LogP contribution in [0.1, 0.15) is 13.3 Å². The zero-order chi connectivity index (χ0) is 19.7. The van der Waals surface area contributed by atoms with Gasteiger partial charge in [0, 0.05) is 32.9 Å². The highest BCUT2D eigenvalue weighted by atomic mass is 35.5. The van der Waals surface area contributed by atoms with Crippen molar-refractivity contribution < 1.29 is 4.79 Å². The molecule has 3 rings (SSSR count). The van der Waals surface area contributed by atoms with Crippen LogP contribution in [0.4, 0.5) is 5.13 Å². The van der Waals surface area contributed by atoms with Gasteiger partial charge in [-0.05, 0) is 18.7 Å². The Morgan fingerprint density at radius 3 is 2.67 bits per heavy atom. The molecule has 144 valence electrons. The summed E-state index contributed by atoms with van der Waals surface area (Å²) < 4.78 is 4.67. The van der Waals surface area contributed by atoms with Crippen molar-refractivity contribution in [1.29, 1.82) is 0 Å². The standard InChI is InChI=1S/C14H16ClN7O3S2/c1-4-22-8-9(20(2)14(25)21(3)10(8)24)17-12(22)27-13-19-18-11(26-13)16-7(23)5-6-15/h4-6H2,1-3H3,(H,16,18,23). The molecule has 3 aromatic rings. The van der Waals surface area contributed by atoms with Gasteiger partial charge in [0.1, 0.15) is 0 Å². The first-order chi connectivity index (χ1) is 12.9. The maximum atomic E-state index is 12.5. The predicted octanol–water partition coefficient (Wildman–Crippen LogP) is 1.02. The zero-order valence-corrected chi connectivity index (χ0v) is 17.1. The summed E-state index contributed by atoms with van der Waals surface area (Å²) in [5, 5.41) is 11.4. The summed E-state index contributed by atoms with van der Waals surface area (Å²) in [4.78, 5) is 40.7. The molecule has 13 heteroatoms. The number of aromatic nitrogens is 6. The minimum Gasteiger partial charge on any atom is -0.313 e. The highest BCUT2D eigenvalue weighted by Crippen LogP contribution is 2.32. The van der Waals surface area contributed by atoms with Gasteiger partial charge in [-0.1, -0.05) is 11.3 Å². The van der Waals surface area contributed by atoms with E-state index in [1.807, 2.05) is 6.92 Å². The van der Waals surface area contributed by atoms with Crippen LogP contribution >= 0.6 is 34.7 Å². The van der Waals surface area contributed by atoms with Crippen molar-refractivity contribution in [3.63, 3.8) is 0 Å². The summed E-state index contributed by atoms with van der Waals surface area (Å²) in [7, 11) is 3.01. The molecule has 0 aliphatic carbocycles. The monoisotopic (exact) mass is 429 g/mol. The summed E-state index contributed by atoms with van der Waals surface area (Å²) in [6, 6.07) is 0. The van der Waals surface area contributed by atoms with Gasteiger partial charge in [-0.3, -0.25) is 18.7 Å². The van der Waals surface area contributed by atoms with E-state index < -0.39 is 11.2 Å². The number of carbonyl (C=O) groups is 1. The number of halogens is 1. The maximum Gasteiger partial charge on any atom is 0.332 e. The smallest absolute Gasteiger partial charge is 0.313 e. The molecule has 0 aliphatic heterocycles. The Kier molecular flexibility index (Phi) is 5.67. The molecule has 1 amide bonds. The SMILES string of the molecule is CCn1c(Sc2nnc(NC(=O)CCCl)s2)nc2c1c(=O)n(C)c(=O)n2C. The van der Waals surface area contributed by atoms with Crippen LogP contribution in [-0.2, 0) is 25.4 Å². The van der Waals surface area contributed by atoms with Gasteiger partial charge in [-0.15, -0.1) is 21.8 Å². The number of amides is 1. The second-order valence-corrected chi connectivity index (χ2v) is 8.05. The van der Waals surface area contributed by atoms with Gasteiger partial charge >= 0.3 is 5.69 Å². The minimum absolute atomic E-state index is 0.187. The highest BCUT2D eigenvalue weighted by Gasteiger charge is 2.20. The molecule has 3 aromatic heterocycles. The molecule has 0 spiro atoms. The van der Waals surface area contributed by atoms with E-state index in [1.165, 1.54) is 34.7 Å². The molecule has 0 saturated carbocycles. The van der Waals surface area contributed by atoms with Gasteiger partial charge in [0.05, 0.1) is 0 Å². The van der Waals surface area contributed by atoms with E-state index in [-0.39, 0.29) is 18.2 Å². The van der Waals surface area contributed by atoms with E-state index in [4.69, 9.17) is 11.6 Å². The van der Waals surface area contributed by atoms with Crippen LogP contribution in [0.2, 0.25) is 0 Å². The van der Waals surface area contributed by atoms with Crippen molar-refractivity contribution >= 4 is 56.9 Å². The summed E-state index contributed by atoms with van der Waals surface area (Å²) in [6.45, 7) is 2.37. The third-order valence-electron chi connectivity index (χ3n) is 3.78. The number of imidazole rings is 1. The normalized spacial score (nSPS) is 11.3. The molecule has 10 nitrogen and oxygen atoms in total. The van der Waals surface area contributed by atoms with Gasteiger partial charge in [0.25, 0.3) is 5.56 Å². The van der Waals surface area contributed by atoms with E-state index in [0.29, 0.717) is 32.3 Å². The molecule has 0 bridgehead atoms. The molecular weight excluding hydrogens is 414 g/mol. The summed E-state index contributed by atoms with van der Waals surface area (Å²) in [5.41, 5.74) is -0.178. The third kappa shape index (κ3) is 3.64. The number of fused-ring (bicyclic) bond motifs is 1. The molecule has 0 atom stereocenters. The van der Waals surface area contributed by atoms with E-state index in [0.717, 1.165) is 4.57 Å². The number of carbonyl (C=O) groups excluding carboxylic acids is 1. The first-order valence-electron chi connectivity index (χ1n) is 7.90. The second-order valence-electron chi connectivity index (χ2n) is 5.48. The average molecular weight is 430 g/mol. The molecule has 0 aliphatic rings. The van der Waals surface area contributed by atoms with E-state index in [2.05, 4.69) is 20.5 Å². The van der Waals surface area contributed by atoms with Crippen LogP contribution < -0.4 is 16.6 Å². The molecule has 0 saturated heterocycles.